The summed E-state index contributed by atoms with van der Waals surface area (Å²) in [7, 11) is 6.91. The van der Waals surface area contributed by atoms with Crippen LogP contribution in [0.25, 0.3) is 0 Å². The van der Waals surface area contributed by atoms with Crippen molar-refractivity contribution in [3.63, 3.8) is 0 Å². The molecule has 2 rings (SSSR count). The smallest absolute Gasteiger partial charge is 0.253 e. The second-order valence-corrected chi connectivity index (χ2v) is 6.76. The van der Waals surface area contributed by atoms with Crippen LogP contribution in [0, 0.1) is 5.82 Å². The van der Waals surface area contributed by atoms with E-state index in [1.165, 1.54) is 11.0 Å². The number of aliphatic imine (C=N–C) groups is 1. The zero-order valence-corrected chi connectivity index (χ0v) is 19.5. The number of carbonyl (C=O) groups is 1. The zero-order valence-electron chi connectivity index (χ0n) is 16.4. The molecule has 0 aliphatic heterocycles. The number of hydrogen-bond donors (Lipinski definition) is 1. The first-order valence-electron chi connectivity index (χ1n) is 8.48. The summed E-state index contributed by atoms with van der Waals surface area (Å²) in [6, 6.07) is 12.0. The number of rotatable bonds is 5. The van der Waals surface area contributed by atoms with E-state index in [1.54, 1.807) is 44.2 Å². The molecule has 0 aliphatic rings. The van der Waals surface area contributed by atoms with Gasteiger partial charge in [0.2, 0.25) is 0 Å². The molecule has 0 aliphatic carbocycles. The van der Waals surface area contributed by atoms with Gasteiger partial charge in [0.25, 0.3) is 5.91 Å². The van der Waals surface area contributed by atoms with Crippen molar-refractivity contribution in [3.05, 3.63) is 70.0 Å². The maximum Gasteiger partial charge on any atom is 0.253 e. The van der Waals surface area contributed by atoms with Gasteiger partial charge < -0.3 is 15.1 Å². The average molecular weight is 519 g/mol. The van der Waals surface area contributed by atoms with Gasteiger partial charge >= 0.3 is 0 Å². The highest BCUT2D eigenvalue weighted by atomic mass is 127. The molecule has 0 saturated carbocycles. The van der Waals surface area contributed by atoms with Crippen molar-refractivity contribution in [2.75, 3.05) is 28.2 Å². The summed E-state index contributed by atoms with van der Waals surface area (Å²) in [5.74, 6) is 0.200. The van der Waals surface area contributed by atoms with Crippen molar-refractivity contribution in [2.45, 2.75) is 13.1 Å². The van der Waals surface area contributed by atoms with Crippen molar-refractivity contribution in [2.24, 2.45) is 4.99 Å². The highest BCUT2D eigenvalue weighted by molar-refractivity contribution is 14.0. The number of nitrogens with one attached hydrogen (secondary N) is 1. The molecule has 0 spiro atoms. The van der Waals surface area contributed by atoms with E-state index in [-0.39, 0.29) is 42.2 Å². The molecular weight excluding hydrogens is 494 g/mol. The first-order valence-corrected chi connectivity index (χ1v) is 8.86. The number of benzene rings is 2. The van der Waals surface area contributed by atoms with Gasteiger partial charge in [-0.25, -0.2) is 4.39 Å². The van der Waals surface area contributed by atoms with Crippen LogP contribution in [0.3, 0.4) is 0 Å². The minimum atomic E-state index is -0.347. The number of halogens is 3. The minimum absolute atomic E-state index is 0. The molecule has 0 heterocycles. The lowest BCUT2D eigenvalue weighted by Gasteiger charge is -2.23. The molecule has 28 heavy (non-hydrogen) atoms. The van der Waals surface area contributed by atoms with Gasteiger partial charge in [0.15, 0.2) is 5.96 Å². The van der Waals surface area contributed by atoms with Crippen LogP contribution in [0.2, 0.25) is 5.02 Å². The van der Waals surface area contributed by atoms with E-state index < -0.39 is 0 Å². The molecule has 152 valence electrons. The summed E-state index contributed by atoms with van der Waals surface area (Å²) < 4.78 is 14.0. The third-order valence-electron chi connectivity index (χ3n) is 4.06. The Morgan fingerprint density at radius 2 is 1.86 bits per heavy atom. The van der Waals surface area contributed by atoms with Crippen LogP contribution < -0.4 is 5.32 Å². The highest BCUT2D eigenvalue weighted by Gasteiger charge is 2.13. The Morgan fingerprint density at radius 3 is 2.46 bits per heavy atom. The van der Waals surface area contributed by atoms with E-state index in [1.807, 2.05) is 25.2 Å². The second-order valence-electron chi connectivity index (χ2n) is 6.36. The van der Waals surface area contributed by atoms with Crippen molar-refractivity contribution < 1.29 is 9.18 Å². The summed E-state index contributed by atoms with van der Waals surface area (Å²) in [5, 5.41) is 3.61. The van der Waals surface area contributed by atoms with Crippen molar-refractivity contribution in [1.82, 2.24) is 15.1 Å². The van der Waals surface area contributed by atoms with E-state index >= 15 is 0 Å². The molecule has 2 aromatic rings. The molecule has 0 fully saturated rings. The van der Waals surface area contributed by atoms with Crippen molar-refractivity contribution in [3.8, 4) is 0 Å². The Bertz CT molecular complexity index is 824. The zero-order chi connectivity index (χ0) is 20.0. The topological polar surface area (TPSA) is 47.9 Å². The minimum Gasteiger partial charge on any atom is -0.352 e. The molecule has 2 aromatic carbocycles. The van der Waals surface area contributed by atoms with Crippen LogP contribution in [0.4, 0.5) is 4.39 Å². The van der Waals surface area contributed by atoms with Gasteiger partial charge in [-0.05, 0) is 29.8 Å². The molecule has 1 amide bonds. The van der Waals surface area contributed by atoms with Gasteiger partial charge in [-0.3, -0.25) is 9.79 Å². The fourth-order valence-electron chi connectivity index (χ4n) is 2.63. The number of carbonyl (C=O) groups excluding carboxylic acids is 1. The lowest BCUT2D eigenvalue weighted by Crippen LogP contribution is -2.38. The maximum atomic E-state index is 14.0. The van der Waals surface area contributed by atoms with Crippen LogP contribution in [-0.2, 0) is 13.1 Å². The fraction of sp³-hybridized carbons (Fsp3) is 0.300. The lowest BCUT2D eigenvalue weighted by molar-refractivity contribution is 0.0827. The average Bonchev–Trinajstić information content (AvgIpc) is 2.65. The van der Waals surface area contributed by atoms with E-state index in [9.17, 15) is 9.18 Å². The van der Waals surface area contributed by atoms with Gasteiger partial charge in [-0.1, -0.05) is 29.8 Å². The Kier molecular flexibility index (Phi) is 9.68. The van der Waals surface area contributed by atoms with Crippen molar-refractivity contribution in [1.29, 1.82) is 0 Å². The first kappa shape index (κ1) is 24.2. The quantitative estimate of drug-likeness (QED) is 0.370. The van der Waals surface area contributed by atoms with Gasteiger partial charge in [0, 0.05) is 57.4 Å². The monoisotopic (exact) mass is 518 g/mol. The summed E-state index contributed by atoms with van der Waals surface area (Å²) >= 11 is 6.10. The Morgan fingerprint density at radius 1 is 1.18 bits per heavy atom. The van der Waals surface area contributed by atoms with Crippen LogP contribution in [0.15, 0.2) is 47.5 Å². The first-order chi connectivity index (χ1) is 12.8. The molecule has 0 radical (unpaired) electrons. The highest BCUT2D eigenvalue weighted by Crippen LogP contribution is 2.20. The molecular formula is C20H25ClFIN4O. The van der Waals surface area contributed by atoms with E-state index in [4.69, 9.17) is 11.6 Å². The number of nitrogens with zero attached hydrogens (tertiary/aromatic N) is 3. The fourth-order valence-corrected chi connectivity index (χ4v) is 2.86. The summed E-state index contributed by atoms with van der Waals surface area (Å²) in [6.45, 7) is 0.765. The number of hydrogen-bond acceptors (Lipinski definition) is 2. The third kappa shape index (κ3) is 6.34. The lowest BCUT2D eigenvalue weighted by atomic mass is 10.1. The van der Waals surface area contributed by atoms with Gasteiger partial charge in [-0.15, -0.1) is 24.0 Å². The number of amides is 1. The molecule has 0 aromatic heterocycles. The van der Waals surface area contributed by atoms with E-state index in [2.05, 4.69) is 10.3 Å². The molecule has 1 N–H and O–H groups in total. The Hall–Kier alpha value is -1.87. The molecule has 5 nitrogen and oxygen atoms in total. The van der Waals surface area contributed by atoms with Gasteiger partial charge in [-0.2, -0.15) is 0 Å². The molecule has 8 heteroatoms. The summed E-state index contributed by atoms with van der Waals surface area (Å²) in [6.07, 6.45) is 0. The third-order valence-corrected chi connectivity index (χ3v) is 4.42. The largest absolute Gasteiger partial charge is 0.352 e. The van der Waals surface area contributed by atoms with Gasteiger partial charge in [0.05, 0.1) is 0 Å². The van der Waals surface area contributed by atoms with Crippen LogP contribution >= 0.6 is 35.6 Å². The van der Waals surface area contributed by atoms with Crippen LogP contribution in [0.1, 0.15) is 21.5 Å². The molecule has 0 unspecified atom stereocenters. The standard InChI is InChI=1S/C20H24ClFN4O.HI/c1-23-20(26(4)13-16-17(21)9-6-10-18(16)22)24-12-14-7-5-8-15(11-14)19(27)25(2)3;/h5-11H,12-13H2,1-4H3,(H,23,24);1H. The molecule has 0 saturated heterocycles. The summed E-state index contributed by atoms with van der Waals surface area (Å²) in [5.41, 5.74) is 1.99. The normalized spacial score (nSPS) is 10.9. The number of guanidine groups is 1. The Balaban J connectivity index is 0.00000392. The van der Waals surface area contributed by atoms with Gasteiger partial charge in [0.1, 0.15) is 5.82 Å². The maximum absolute atomic E-state index is 14.0. The van der Waals surface area contributed by atoms with Crippen LogP contribution in [0.5, 0.6) is 0 Å². The van der Waals surface area contributed by atoms with Crippen LogP contribution in [-0.4, -0.2) is 49.9 Å². The van der Waals surface area contributed by atoms with E-state index in [0.717, 1.165) is 5.56 Å². The molecule has 0 atom stereocenters. The SMILES string of the molecule is CN=C(NCc1cccc(C(=O)N(C)C)c1)N(C)Cc1c(F)cccc1Cl.I. The van der Waals surface area contributed by atoms with Crippen molar-refractivity contribution >= 4 is 47.4 Å². The summed E-state index contributed by atoms with van der Waals surface area (Å²) in [4.78, 5) is 19.7. The second kappa shape index (κ2) is 11.2. The van der Waals surface area contributed by atoms with E-state index in [0.29, 0.717) is 28.7 Å². The predicted octanol–water partition coefficient (Wildman–Crippen LogP) is 4.01. The Labute approximate surface area is 187 Å². The predicted molar refractivity (Wildman–Crippen MR) is 123 cm³/mol. The molecule has 0 bridgehead atoms.